The average molecular weight is 317 g/mol. The van der Waals surface area contributed by atoms with Gasteiger partial charge in [-0.2, -0.15) is 0 Å². The maximum absolute atomic E-state index is 5.75. The Kier molecular flexibility index (Phi) is 5.38. The highest BCUT2D eigenvalue weighted by Crippen LogP contribution is 2.32. The van der Waals surface area contributed by atoms with Gasteiger partial charge in [-0.1, -0.05) is 36.7 Å². The molecule has 1 aliphatic rings. The van der Waals surface area contributed by atoms with Crippen molar-refractivity contribution in [3.63, 3.8) is 0 Å². The molecular weight excluding hydrogens is 294 g/mol. The highest BCUT2D eigenvalue weighted by atomic mass is 32.2. The minimum atomic E-state index is 0.603. The topological polar surface area (TPSA) is 50.8 Å². The van der Waals surface area contributed by atoms with Crippen molar-refractivity contribution >= 4 is 11.8 Å². The summed E-state index contributed by atoms with van der Waals surface area (Å²) in [5, 5.41) is 8.29. The van der Waals surface area contributed by atoms with Crippen molar-refractivity contribution in [1.29, 1.82) is 0 Å². The first-order valence-corrected chi connectivity index (χ1v) is 9.04. The number of ether oxygens (including phenoxy) is 1. The second kappa shape index (κ2) is 7.68. The lowest BCUT2D eigenvalue weighted by molar-refractivity contribution is 0.318. The first kappa shape index (κ1) is 15.4. The molecule has 1 N–H and O–H groups in total. The maximum atomic E-state index is 5.75. The molecule has 1 saturated carbocycles. The third kappa shape index (κ3) is 4.26. The predicted octanol–water partition coefficient (Wildman–Crippen LogP) is 4.33. The molecule has 1 aromatic heterocycles. The molecule has 0 atom stereocenters. The molecule has 4 nitrogen and oxygen atoms in total. The Balaban J connectivity index is 1.36. The highest BCUT2D eigenvalue weighted by Gasteiger charge is 2.20. The monoisotopic (exact) mass is 317 g/mol. The molecule has 0 aliphatic heterocycles. The number of aromatic nitrogens is 3. The van der Waals surface area contributed by atoms with Crippen molar-refractivity contribution in [2.75, 3.05) is 12.4 Å². The number of hydrogen-bond donors (Lipinski definition) is 1. The van der Waals surface area contributed by atoms with Crippen LogP contribution < -0.4 is 4.74 Å². The van der Waals surface area contributed by atoms with Crippen LogP contribution >= 0.6 is 11.8 Å². The van der Waals surface area contributed by atoms with E-state index in [-0.39, 0.29) is 0 Å². The van der Waals surface area contributed by atoms with E-state index in [0.717, 1.165) is 35.5 Å². The third-order valence-corrected chi connectivity index (χ3v) is 4.94. The molecule has 1 fully saturated rings. The van der Waals surface area contributed by atoms with Gasteiger partial charge in [0.1, 0.15) is 11.6 Å². The normalized spacial score (nSPS) is 15.3. The van der Waals surface area contributed by atoms with E-state index in [2.05, 4.69) is 34.2 Å². The van der Waals surface area contributed by atoms with Crippen LogP contribution in [0.1, 0.15) is 49.4 Å². The summed E-state index contributed by atoms with van der Waals surface area (Å²) in [6.07, 6.45) is 6.15. The molecule has 0 radical (unpaired) electrons. The second-order valence-corrected chi connectivity index (χ2v) is 6.91. The number of aryl methyl sites for hydroxylation is 1. The van der Waals surface area contributed by atoms with Gasteiger partial charge in [0, 0.05) is 11.7 Å². The number of H-pyrrole nitrogens is 1. The Labute approximate surface area is 136 Å². The van der Waals surface area contributed by atoms with E-state index in [1.165, 1.54) is 31.2 Å². The van der Waals surface area contributed by atoms with Crippen LogP contribution in [0.15, 0.2) is 29.4 Å². The van der Waals surface area contributed by atoms with Crippen molar-refractivity contribution in [3.8, 4) is 5.75 Å². The van der Waals surface area contributed by atoms with E-state index in [1.807, 2.05) is 12.1 Å². The summed E-state index contributed by atoms with van der Waals surface area (Å²) in [4.78, 5) is 4.62. The summed E-state index contributed by atoms with van der Waals surface area (Å²) in [7, 11) is 0. The van der Waals surface area contributed by atoms with E-state index >= 15 is 0 Å². The third-order valence-electron chi connectivity index (χ3n) is 4.00. The fourth-order valence-electron chi connectivity index (χ4n) is 2.82. The smallest absolute Gasteiger partial charge is 0.208 e. The highest BCUT2D eigenvalue weighted by molar-refractivity contribution is 7.99. The molecule has 0 amide bonds. The molecule has 5 heteroatoms. The van der Waals surface area contributed by atoms with Gasteiger partial charge in [0.15, 0.2) is 0 Å². The fourth-order valence-corrected chi connectivity index (χ4v) is 3.54. The number of thioether (sulfide) groups is 1. The van der Waals surface area contributed by atoms with Crippen molar-refractivity contribution in [2.45, 2.75) is 50.1 Å². The molecule has 0 unspecified atom stereocenters. The number of aromatic amines is 1. The van der Waals surface area contributed by atoms with Crippen LogP contribution in [0.4, 0.5) is 0 Å². The predicted molar refractivity (Wildman–Crippen MR) is 89.6 cm³/mol. The Morgan fingerprint density at radius 1 is 1.32 bits per heavy atom. The Morgan fingerprint density at radius 2 is 2.18 bits per heavy atom. The molecule has 0 bridgehead atoms. The summed E-state index contributed by atoms with van der Waals surface area (Å²) < 4.78 is 5.75. The van der Waals surface area contributed by atoms with E-state index in [0.29, 0.717) is 5.92 Å². The van der Waals surface area contributed by atoms with Gasteiger partial charge >= 0.3 is 0 Å². The number of nitrogens with zero attached hydrogens (tertiary/aromatic N) is 2. The zero-order valence-electron chi connectivity index (χ0n) is 13.0. The molecule has 2 aromatic rings. The SMILES string of the molecule is Cc1cccc(OCCCSc2n[nH]c(C3CCCC3)n2)c1. The zero-order valence-corrected chi connectivity index (χ0v) is 13.9. The molecule has 1 aliphatic carbocycles. The van der Waals surface area contributed by atoms with Gasteiger partial charge in [0.2, 0.25) is 5.16 Å². The zero-order chi connectivity index (χ0) is 15.2. The summed E-state index contributed by atoms with van der Waals surface area (Å²) >= 11 is 1.70. The van der Waals surface area contributed by atoms with Crippen molar-refractivity contribution in [1.82, 2.24) is 15.2 Å². The van der Waals surface area contributed by atoms with Gasteiger partial charge in [-0.3, -0.25) is 5.10 Å². The molecule has 3 rings (SSSR count). The van der Waals surface area contributed by atoms with Crippen molar-refractivity contribution < 1.29 is 4.74 Å². The fraction of sp³-hybridized carbons (Fsp3) is 0.529. The lowest BCUT2D eigenvalue weighted by atomic mass is 10.1. The Hall–Kier alpha value is -1.49. The van der Waals surface area contributed by atoms with Gasteiger partial charge in [-0.05, 0) is 43.9 Å². The summed E-state index contributed by atoms with van der Waals surface area (Å²) in [5.74, 6) is 3.61. The van der Waals surface area contributed by atoms with Gasteiger partial charge in [-0.25, -0.2) is 4.98 Å². The van der Waals surface area contributed by atoms with Crippen LogP contribution in [-0.2, 0) is 0 Å². The molecule has 118 valence electrons. The number of benzene rings is 1. The Morgan fingerprint density at radius 3 is 3.00 bits per heavy atom. The number of rotatable bonds is 7. The first-order valence-electron chi connectivity index (χ1n) is 8.06. The van der Waals surface area contributed by atoms with Gasteiger partial charge in [0.05, 0.1) is 6.61 Å². The molecular formula is C17H23N3OS. The van der Waals surface area contributed by atoms with Gasteiger partial charge in [0.25, 0.3) is 0 Å². The average Bonchev–Trinajstić information content (AvgIpc) is 3.18. The van der Waals surface area contributed by atoms with E-state index < -0.39 is 0 Å². The van der Waals surface area contributed by atoms with Crippen LogP contribution in [-0.4, -0.2) is 27.5 Å². The summed E-state index contributed by atoms with van der Waals surface area (Å²) in [6.45, 7) is 2.81. The van der Waals surface area contributed by atoms with Crippen LogP contribution in [0.25, 0.3) is 0 Å². The van der Waals surface area contributed by atoms with Crippen LogP contribution in [0, 0.1) is 6.92 Å². The van der Waals surface area contributed by atoms with E-state index in [1.54, 1.807) is 11.8 Å². The van der Waals surface area contributed by atoms with E-state index in [4.69, 9.17) is 4.74 Å². The van der Waals surface area contributed by atoms with Crippen molar-refractivity contribution in [2.24, 2.45) is 0 Å². The molecule has 1 heterocycles. The lowest BCUT2D eigenvalue weighted by Gasteiger charge is -2.05. The van der Waals surface area contributed by atoms with Crippen molar-refractivity contribution in [3.05, 3.63) is 35.7 Å². The van der Waals surface area contributed by atoms with Crippen LogP contribution in [0.2, 0.25) is 0 Å². The van der Waals surface area contributed by atoms with Gasteiger partial charge in [-0.15, -0.1) is 5.10 Å². The second-order valence-electron chi connectivity index (χ2n) is 5.85. The largest absolute Gasteiger partial charge is 0.494 e. The molecule has 0 spiro atoms. The molecule has 0 saturated heterocycles. The standard InChI is InChI=1S/C17H23N3OS/c1-13-6-4-9-15(12-13)21-10-5-11-22-17-18-16(19-20-17)14-7-2-3-8-14/h4,6,9,12,14H,2-3,5,7-8,10-11H2,1H3,(H,18,19,20). The Bertz CT molecular complexity index is 593. The first-order chi connectivity index (χ1) is 10.8. The van der Waals surface area contributed by atoms with E-state index in [9.17, 15) is 0 Å². The quantitative estimate of drug-likeness (QED) is 0.610. The summed E-state index contributed by atoms with van der Waals surface area (Å²) in [5.41, 5.74) is 1.23. The minimum Gasteiger partial charge on any atom is -0.494 e. The number of nitrogens with one attached hydrogen (secondary N) is 1. The van der Waals surface area contributed by atoms with Crippen LogP contribution in [0.3, 0.4) is 0 Å². The van der Waals surface area contributed by atoms with Gasteiger partial charge < -0.3 is 4.74 Å². The maximum Gasteiger partial charge on any atom is 0.208 e. The minimum absolute atomic E-state index is 0.603. The van der Waals surface area contributed by atoms with Crippen LogP contribution in [0.5, 0.6) is 5.75 Å². The molecule has 1 aromatic carbocycles. The lowest BCUT2D eigenvalue weighted by Crippen LogP contribution is -1.99. The number of hydrogen-bond acceptors (Lipinski definition) is 4. The molecule has 22 heavy (non-hydrogen) atoms. The summed E-state index contributed by atoms with van der Waals surface area (Å²) in [6, 6.07) is 8.17.